The average molecular weight is 798 g/mol. The zero-order valence-electron chi connectivity index (χ0n) is 38.0. The van der Waals surface area contributed by atoms with Gasteiger partial charge in [-0.3, -0.25) is 0 Å². The van der Waals surface area contributed by atoms with Gasteiger partial charge >= 0.3 is 0 Å². The molecule has 0 amide bonds. The molecule has 0 spiro atoms. The number of rotatable bonds is 7. The summed E-state index contributed by atoms with van der Waals surface area (Å²) in [5, 5.41) is 0. The Balaban J connectivity index is 1.08. The fourth-order valence-electron chi connectivity index (χ4n) is 10.1. The first-order chi connectivity index (χ1) is 29.1. The minimum absolute atomic E-state index is 0.0752. The van der Waals surface area contributed by atoms with Crippen molar-refractivity contribution in [2.75, 3.05) is 4.90 Å². The van der Waals surface area contributed by atoms with Gasteiger partial charge in [0.15, 0.2) is 0 Å². The van der Waals surface area contributed by atoms with Gasteiger partial charge in [-0.2, -0.15) is 0 Å². The van der Waals surface area contributed by atoms with Crippen LogP contribution in [0.1, 0.15) is 127 Å². The molecule has 0 saturated heterocycles. The van der Waals surface area contributed by atoms with Crippen molar-refractivity contribution in [1.29, 1.82) is 0 Å². The lowest BCUT2D eigenvalue weighted by atomic mass is 9.79. The fourth-order valence-corrected chi connectivity index (χ4v) is 10.1. The smallest absolute Gasteiger partial charge is 0.0465 e. The second kappa shape index (κ2) is 15.7. The van der Waals surface area contributed by atoms with Crippen molar-refractivity contribution in [1.82, 2.24) is 0 Å². The van der Waals surface area contributed by atoms with Crippen LogP contribution in [0.15, 0.2) is 152 Å². The predicted octanol–water partition coefficient (Wildman–Crippen LogP) is 17.4. The van der Waals surface area contributed by atoms with E-state index in [1.807, 2.05) is 0 Å². The second-order valence-electron chi connectivity index (χ2n) is 20.6. The molecule has 1 saturated carbocycles. The Labute approximate surface area is 366 Å². The molecule has 2 aliphatic carbocycles. The number of hydrogen-bond donors (Lipinski definition) is 0. The van der Waals surface area contributed by atoms with E-state index in [0.29, 0.717) is 5.92 Å². The molecule has 0 atom stereocenters. The van der Waals surface area contributed by atoms with E-state index < -0.39 is 0 Å². The van der Waals surface area contributed by atoms with Crippen LogP contribution in [-0.2, 0) is 16.2 Å². The van der Waals surface area contributed by atoms with E-state index in [9.17, 15) is 0 Å². The van der Waals surface area contributed by atoms with Crippen LogP contribution in [0, 0.1) is 6.92 Å². The highest BCUT2D eigenvalue weighted by Crippen LogP contribution is 2.51. The van der Waals surface area contributed by atoms with Crippen LogP contribution in [0.2, 0.25) is 0 Å². The molecule has 0 bridgehead atoms. The molecule has 9 rings (SSSR count). The van der Waals surface area contributed by atoms with E-state index in [-0.39, 0.29) is 16.2 Å². The highest BCUT2D eigenvalue weighted by Gasteiger charge is 2.36. The molecule has 7 aromatic carbocycles. The maximum atomic E-state index is 2.45. The number of nitrogens with zero attached hydrogens (tertiary/aromatic N) is 1. The summed E-state index contributed by atoms with van der Waals surface area (Å²) in [6.07, 6.45) is 6.71. The van der Waals surface area contributed by atoms with Crippen LogP contribution in [0.3, 0.4) is 0 Å². The maximum absolute atomic E-state index is 2.45. The Hall–Kier alpha value is -5.66. The van der Waals surface area contributed by atoms with Gasteiger partial charge in [0.2, 0.25) is 0 Å². The van der Waals surface area contributed by atoms with E-state index in [4.69, 9.17) is 0 Å². The van der Waals surface area contributed by atoms with Gasteiger partial charge in [-0.25, -0.2) is 0 Å². The lowest BCUT2D eigenvalue weighted by Gasteiger charge is -2.29. The predicted molar refractivity (Wildman–Crippen MR) is 263 cm³/mol. The highest BCUT2D eigenvalue weighted by atomic mass is 15.1. The third kappa shape index (κ3) is 7.89. The fraction of sp³-hybridized carbons (Fsp3) is 0.300. The molecular weight excluding hydrogens is 735 g/mol. The number of benzene rings is 7. The highest BCUT2D eigenvalue weighted by molar-refractivity contribution is 5.87. The molecule has 0 N–H and O–H groups in total. The molecule has 0 aliphatic heterocycles. The normalized spacial score (nSPS) is 15.0. The van der Waals surface area contributed by atoms with Crippen molar-refractivity contribution in [3.8, 4) is 44.5 Å². The number of hydrogen-bond acceptors (Lipinski definition) is 1. The summed E-state index contributed by atoms with van der Waals surface area (Å²) in [4.78, 5) is 2.45. The lowest BCUT2D eigenvalue weighted by Crippen LogP contribution is -2.16. The van der Waals surface area contributed by atoms with Crippen molar-refractivity contribution in [3.05, 3.63) is 185 Å². The van der Waals surface area contributed by atoms with E-state index in [1.165, 1.54) is 116 Å². The molecular formula is C60H63N. The van der Waals surface area contributed by atoms with Crippen LogP contribution in [0.5, 0.6) is 0 Å². The second-order valence-corrected chi connectivity index (χ2v) is 20.6. The summed E-state index contributed by atoms with van der Waals surface area (Å²) in [6, 6.07) is 58.0. The van der Waals surface area contributed by atoms with Crippen molar-refractivity contribution < 1.29 is 0 Å². The van der Waals surface area contributed by atoms with E-state index in [1.54, 1.807) is 0 Å². The summed E-state index contributed by atoms with van der Waals surface area (Å²) in [5.74, 6) is 0.690. The third-order valence-corrected chi connectivity index (χ3v) is 13.9. The first kappa shape index (κ1) is 40.7. The van der Waals surface area contributed by atoms with E-state index >= 15 is 0 Å². The van der Waals surface area contributed by atoms with Gasteiger partial charge in [-0.1, -0.05) is 190 Å². The molecule has 1 nitrogen and oxygen atoms in total. The summed E-state index contributed by atoms with van der Waals surface area (Å²) in [7, 11) is 0. The molecule has 2 aliphatic rings. The molecule has 0 aromatic heterocycles. The Morgan fingerprint density at radius 1 is 0.443 bits per heavy atom. The van der Waals surface area contributed by atoms with Crippen LogP contribution in [0.4, 0.5) is 17.1 Å². The molecule has 0 unspecified atom stereocenters. The van der Waals surface area contributed by atoms with Gasteiger partial charge < -0.3 is 4.90 Å². The van der Waals surface area contributed by atoms with Crippen molar-refractivity contribution >= 4 is 17.1 Å². The van der Waals surface area contributed by atoms with Crippen molar-refractivity contribution in [2.24, 2.45) is 0 Å². The summed E-state index contributed by atoms with van der Waals surface area (Å²) in [6.45, 7) is 20.9. The molecule has 1 fully saturated rings. The molecule has 7 aromatic rings. The molecule has 0 heterocycles. The number of fused-ring (bicyclic) bond motifs is 3. The first-order valence-electron chi connectivity index (χ1n) is 22.8. The summed E-state index contributed by atoms with van der Waals surface area (Å²) in [5.41, 5.74) is 22.1. The van der Waals surface area contributed by atoms with Gasteiger partial charge in [-0.15, -0.1) is 0 Å². The van der Waals surface area contributed by atoms with Crippen LogP contribution >= 0.6 is 0 Å². The number of anilines is 3. The summed E-state index contributed by atoms with van der Waals surface area (Å²) < 4.78 is 0. The SMILES string of the molecule is Cc1cc(N(c2ccc(-c3cccc(C4CCCCC4)c3)cc2)c2ccc3c(c2)C(C)(C)c2ccccc2-3)ccc1-c1ccc(-c2cc(C(C)(C)C)cc(C(C)(C)C)c2)cc1. The van der Waals surface area contributed by atoms with Crippen LogP contribution in [-0.4, -0.2) is 0 Å². The first-order valence-corrected chi connectivity index (χ1v) is 22.8. The van der Waals surface area contributed by atoms with Crippen molar-refractivity contribution in [2.45, 2.75) is 117 Å². The zero-order valence-corrected chi connectivity index (χ0v) is 38.0. The molecule has 308 valence electrons. The number of aryl methyl sites for hydroxylation is 1. The monoisotopic (exact) mass is 797 g/mol. The standard InChI is InChI=1S/C60H63N/c1-40-34-51(30-32-53(40)44-24-22-43(23-25-44)47-36-48(58(2,3)4)38-49(37-47)59(5,6)7)61(52-31-33-55-54-20-13-14-21-56(54)60(8,9)57(55)39-52)50-28-26-42(27-29-50)46-19-15-18-45(35-46)41-16-11-10-12-17-41/h13-15,18-39,41H,10-12,16-17H2,1-9H3. The van der Waals surface area contributed by atoms with Crippen LogP contribution < -0.4 is 4.90 Å². The largest absolute Gasteiger partial charge is 0.310 e. The Morgan fingerprint density at radius 2 is 1.00 bits per heavy atom. The molecule has 61 heavy (non-hydrogen) atoms. The van der Waals surface area contributed by atoms with Gasteiger partial charge in [0.05, 0.1) is 0 Å². The quantitative estimate of drug-likeness (QED) is 0.155. The third-order valence-electron chi connectivity index (χ3n) is 13.9. The average Bonchev–Trinajstić information content (AvgIpc) is 3.49. The molecule has 0 radical (unpaired) electrons. The minimum atomic E-state index is -0.0882. The Morgan fingerprint density at radius 3 is 1.66 bits per heavy atom. The zero-order chi connectivity index (χ0) is 42.7. The topological polar surface area (TPSA) is 3.24 Å². The Kier molecular flexibility index (Phi) is 10.5. The van der Waals surface area contributed by atoms with Gasteiger partial charge in [0, 0.05) is 22.5 Å². The van der Waals surface area contributed by atoms with Gasteiger partial charge in [-0.05, 0) is 151 Å². The maximum Gasteiger partial charge on any atom is 0.0465 e. The molecule has 1 heteroatoms. The lowest BCUT2D eigenvalue weighted by molar-refractivity contribution is 0.444. The minimum Gasteiger partial charge on any atom is -0.310 e. The van der Waals surface area contributed by atoms with Gasteiger partial charge in [0.1, 0.15) is 0 Å². The summed E-state index contributed by atoms with van der Waals surface area (Å²) >= 11 is 0. The van der Waals surface area contributed by atoms with Gasteiger partial charge in [0.25, 0.3) is 0 Å². The van der Waals surface area contributed by atoms with Crippen LogP contribution in [0.25, 0.3) is 44.5 Å². The van der Waals surface area contributed by atoms with E-state index in [0.717, 1.165) is 11.4 Å². The van der Waals surface area contributed by atoms with E-state index in [2.05, 4.69) is 219 Å². The van der Waals surface area contributed by atoms with Crippen molar-refractivity contribution in [3.63, 3.8) is 0 Å². The Bertz CT molecular complexity index is 2670.